The highest BCUT2D eigenvalue weighted by atomic mass is 79.9. The van der Waals surface area contributed by atoms with Crippen LogP contribution in [0.5, 0.6) is 5.75 Å². The molecule has 0 radical (unpaired) electrons. The molecule has 0 heterocycles. The Hall–Kier alpha value is -4.48. The standard InChI is InChI=1S/C28H20BrN3O4/c1-18-9-11-20-5-2-3-8-24(20)25(18)17-36-27-12-10-19(14-26(27)29)13-21(16-30)28(33)31-22-6-4-7-23(15-22)32(34)35/h2-15H,17H2,1H3,(H,31,33)/b21-13+. The monoisotopic (exact) mass is 541 g/mol. The first kappa shape index (κ1) is 24.6. The van der Waals surface area contributed by atoms with Crippen molar-refractivity contribution in [3.8, 4) is 11.8 Å². The number of amides is 1. The number of nitrogens with zero attached hydrogens (tertiary/aromatic N) is 2. The number of aryl methyl sites for hydroxylation is 1. The number of non-ortho nitro benzene ring substituents is 1. The van der Waals surface area contributed by atoms with E-state index in [1.807, 2.05) is 18.2 Å². The molecule has 0 aliphatic heterocycles. The molecule has 8 heteroatoms. The van der Waals surface area contributed by atoms with Crippen molar-refractivity contribution in [2.24, 2.45) is 0 Å². The van der Waals surface area contributed by atoms with Crippen LogP contribution < -0.4 is 10.1 Å². The first-order valence-corrected chi connectivity index (χ1v) is 11.7. The minimum absolute atomic E-state index is 0.145. The molecule has 1 amide bonds. The van der Waals surface area contributed by atoms with Gasteiger partial charge in [0.25, 0.3) is 11.6 Å². The van der Waals surface area contributed by atoms with Crippen molar-refractivity contribution in [1.82, 2.24) is 0 Å². The number of anilines is 1. The number of hydrogen-bond donors (Lipinski definition) is 1. The van der Waals surface area contributed by atoms with Crippen LogP contribution in [0, 0.1) is 28.4 Å². The quantitative estimate of drug-likeness (QED) is 0.118. The Morgan fingerprint density at radius 2 is 1.92 bits per heavy atom. The molecule has 0 saturated carbocycles. The molecular formula is C28H20BrN3O4. The molecule has 4 aromatic carbocycles. The van der Waals surface area contributed by atoms with Crippen molar-refractivity contribution in [2.75, 3.05) is 5.32 Å². The third kappa shape index (κ3) is 5.59. The topological polar surface area (TPSA) is 105 Å². The second kappa shape index (κ2) is 10.8. The molecular weight excluding hydrogens is 522 g/mol. The molecule has 0 fully saturated rings. The van der Waals surface area contributed by atoms with Crippen LogP contribution in [0.3, 0.4) is 0 Å². The lowest BCUT2D eigenvalue weighted by Crippen LogP contribution is -2.13. The third-order valence-corrected chi connectivity index (χ3v) is 6.21. The Morgan fingerprint density at radius 1 is 1.11 bits per heavy atom. The van der Waals surface area contributed by atoms with Crippen molar-refractivity contribution >= 4 is 50.1 Å². The van der Waals surface area contributed by atoms with Crippen LogP contribution in [0.15, 0.2) is 88.9 Å². The van der Waals surface area contributed by atoms with E-state index in [1.54, 1.807) is 18.2 Å². The molecule has 0 saturated heterocycles. The zero-order valence-electron chi connectivity index (χ0n) is 19.2. The lowest BCUT2D eigenvalue weighted by molar-refractivity contribution is -0.384. The van der Waals surface area contributed by atoms with E-state index in [9.17, 15) is 20.2 Å². The molecule has 7 nitrogen and oxygen atoms in total. The summed E-state index contributed by atoms with van der Waals surface area (Å²) in [6.07, 6.45) is 1.44. The van der Waals surface area contributed by atoms with Gasteiger partial charge in [0, 0.05) is 23.4 Å². The van der Waals surface area contributed by atoms with Crippen LogP contribution in [0.4, 0.5) is 11.4 Å². The first-order valence-electron chi connectivity index (χ1n) is 10.9. The molecule has 0 bridgehead atoms. The Labute approximate surface area is 215 Å². The summed E-state index contributed by atoms with van der Waals surface area (Å²) < 4.78 is 6.76. The third-order valence-electron chi connectivity index (χ3n) is 5.59. The van der Waals surface area contributed by atoms with E-state index in [1.165, 1.54) is 30.3 Å². The van der Waals surface area contributed by atoms with E-state index in [4.69, 9.17) is 4.74 Å². The summed E-state index contributed by atoms with van der Waals surface area (Å²) >= 11 is 3.51. The van der Waals surface area contributed by atoms with Gasteiger partial charge in [-0.2, -0.15) is 5.26 Å². The second-order valence-corrected chi connectivity index (χ2v) is 8.85. The van der Waals surface area contributed by atoms with Crippen LogP contribution in [-0.2, 0) is 11.4 Å². The average Bonchev–Trinajstić information content (AvgIpc) is 2.87. The molecule has 0 aliphatic carbocycles. The predicted octanol–water partition coefficient (Wildman–Crippen LogP) is 6.94. The van der Waals surface area contributed by atoms with Gasteiger partial charge in [0.1, 0.15) is 24.0 Å². The Balaban J connectivity index is 1.50. The number of nitriles is 1. The average molecular weight is 542 g/mol. The highest BCUT2D eigenvalue weighted by molar-refractivity contribution is 9.10. The number of nitrogens with one attached hydrogen (secondary N) is 1. The Bertz CT molecular complexity index is 1560. The SMILES string of the molecule is Cc1ccc2ccccc2c1COc1ccc(/C=C(\C#N)C(=O)Nc2cccc([N+](=O)[O-])c2)cc1Br. The maximum absolute atomic E-state index is 12.6. The summed E-state index contributed by atoms with van der Waals surface area (Å²) in [5.74, 6) is -0.0417. The van der Waals surface area contributed by atoms with Crippen molar-refractivity contribution in [1.29, 1.82) is 5.26 Å². The zero-order valence-corrected chi connectivity index (χ0v) is 20.8. The fraction of sp³-hybridized carbons (Fsp3) is 0.0714. The van der Waals surface area contributed by atoms with Crippen LogP contribution in [0.25, 0.3) is 16.8 Å². The zero-order chi connectivity index (χ0) is 25.7. The maximum Gasteiger partial charge on any atom is 0.271 e. The number of carbonyl (C=O) groups is 1. The van der Waals surface area contributed by atoms with Crippen molar-refractivity contribution < 1.29 is 14.5 Å². The first-order chi connectivity index (χ1) is 17.4. The van der Waals surface area contributed by atoms with E-state index in [2.05, 4.69) is 52.4 Å². The van der Waals surface area contributed by atoms with Gasteiger partial charge < -0.3 is 10.1 Å². The van der Waals surface area contributed by atoms with Crippen LogP contribution in [-0.4, -0.2) is 10.8 Å². The van der Waals surface area contributed by atoms with Gasteiger partial charge in [0.2, 0.25) is 0 Å². The molecule has 1 N–H and O–H groups in total. The summed E-state index contributed by atoms with van der Waals surface area (Å²) in [4.78, 5) is 23.0. The highest BCUT2D eigenvalue weighted by Crippen LogP contribution is 2.30. The van der Waals surface area contributed by atoms with Crippen LogP contribution in [0.1, 0.15) is 16.7 Å². The van der Waals surface area contributed by atoms with Crippen LogP contribution >= 0.6 is 15.9 Å². The smallest absolute Gasteiger partial charge is 0.271 e. The summed E-state index contributed by atoms with van der Waals surface area (Å²) in [6, 6.07) is 25.0. The van der Waals surface area contributed by atoms with Gasteiger partial charge >= 0.3 is 0 Å². The minimum Gasteiger partial charge on any atom is -0.488 e. The number of nitro groups is 1. The van der Waals surface area contributed by atoms with Gasteiger partial charge in [0.05, 0.1) is 9.40 Å². The van der Waals surface area contributed by atoms with E-state index in [-0.39, 0.29) is 16.9 Å². The maximum atomic E-state index is 12.6. The van der Waals surface area contributed by atoms with E-state index in [0.29, 0.717) is 22.4 Å². The molecule has 0 aromatic heterocycles. The summed E-state index contributed by atoms with van der Waals surface area (Å²) in [7, 11) is 0. The fourth-order valence-electron chi connectivity index (χ4n) is 3.72. The molecule has 0 atom stereocenters. The molecule has 0 unspecified atom stereocenters. The number of hydrogen-bond acceptors (Lipinski definition) is 5. The van der Waals surface area contributed by atoms with Gasteiger partial charge in [-0.15, -0.1) is 0 Å². The van der Waals surface area contributed by atoms with E-state index >= 15 is 0 Å². The number of carbonyl (C=O) groups excluding carboxylic acids is 1. The molecule has 178 valence electrons. The molecule has 0 aliphatic rings. The van der Waals surface area contributed by atoms with Gasteiger partial charge in [-0.1, -0.05) is 48.5 Å². The minimum atomic E-state index is -0.666. The predicted molar refractivity (Wildman–Crippen MR) is 142 cm³/mol. The van der Waals surface area contributed by atoms with Crippen molar-refractivity contribution in [3.05, 3.63) is 116 Å². The summed E-state index contributed by atoms with van der Waals surface area (Å²) in [5.41, 5.74) is 2.78. The largest absolute Gasteiger partial charge is 0.488 e. The van der Waals surface area contributed by atoms with E-state index < -0.39 is 10.8 Å². The normalized spacial score (nSPS) is 11.1. The number of ether oxygens (including phenoxy) is 1. The number of rotatable bonds is 7. The highest BCUT2D eigenvalue weighted by Gasteiger charge is 2.13. The number of benzene rings is 4. The Morgan fingerprint density at radius 3 is 2.67 bits per heavy atom. The molecule has 0 spiro atoms. The van der Waals surface area contributed by atoms with Crippen molar-refractivity contribution in [3.63, 3.8) is 0 Å². The van der Waals surface area contributed by atoms with Gasteiger partial charge in [0.15, 0.2) is 0 Å². The van der Waals surface area contributed by atoms with Gasteiger partial charge in [-0.25, -0.2) is 0 Å². The molecule has 4 aromatic rings. The Kier molecular flexibility index (Phi) is 7.42. The van der Waals surface area contributed by atoms with E-state index in [0.717, 1.165) is 21.9 Å². The number of halogens is 1. The lowest BCUT2D eigenvalue weighted by atomic mass is 10.0. The number of nitro benzene ring substituents is 1. The van der Waals surface area contributed by atoms with Gasteiger partial charge in [-0.3, -0.25) is 14.9 Å². The summed E-state index contributed by atoms with van der Waals surface area (Å²) in [5, 5.41) is 25.3. The van der Waals surface area contributed by atoms with Gasteiger partial charge in [-0.05, 0) is 69.0 Å². The molecule has 36 heavy (non-hydrogen) atoms. The molecule has 4 rings (SSSR count). The fourth-order valence-corrected chi connectivity index (χ4v) is 4.23. The lowest BCUT2D eigenvalue weighted by Gasteiger charge is -2.13. The number of fused-ring (bicyclic) bond motifs is 1. The summed E-state index contributed by atoms with van der Waals surface area (Å²) in [6.45, 7) is 2.44. The second-order valence-electron chi connectivity index (χ2n) is 7.99. The van der Waals surface area contributed by atoms with Crippen LogP contribution in [0.2, 0.25) is 0 Å². The van der Waals surface area contributed by atoms with Crippen molar-refractivity contribution in [2.45, 2.75) is 13.5 Å².